The van der Waals surface area contributed by atoms with E-state index < -0.39 is 23.7 Å². The van der Waals surface area contributed by atoms with Crippen LogP contribution in [0.5, 0.6) is 11.5 Å². The van der Waals surface area contributed by atoms with Crippen LogP contribution >= 0.6 is 0 Å². The lowest BCUT2D eigenvalue weighted by Gasteiger charge is -2.27. The number of hydrogen-bond donors (Lipinski definition) is 2. The number of ketones is 1. The fraction of sp³-hybridized carbons (Fsp3) is 0.400. The van der Waals surface area contributed by atoms with Crippen molar-refractivity contribution < 1.29 is 33.7 Å². The summed E-state index contributed by atoms with van der Waals surface area (Å²) < 4.78 is 15.6. The Labute approximate surface area is 204 Å². The van der Waals surface area contributed by atoms with Gasteiger partial charge in [-0.1, -0.05) is 6.07 Å². The van der Waals surface area contributed by atoms with Crippen LogP contribution in [0.25, 0.3) is 5.76 Å². The second-order valence-electron chi connectivity index (χ2n) is 8.53. The Bertz CT molecular complexity index is 1200. The summed E-state index contributed by atoms with van der Waals surface area (Å²) in [4.78, 5) is 44.8. The maximum absolute atomic E-state index is 13.3. The summed E-state index contributed by atoms with van der Waals surface area (Å²) in [6.45, 7) is 4.07. The predicted octanol–water partition coefficient (Wildman–Crippen LogP) is 2.42. The Morgan fingerprint density at radius 1 is 1.11 bits per heavy atom. The van der Waals surface area contributed by atoms with Gasteiger partial charge in [0.15, 0.2) is 11.5 Å². The first-order chi connectivity index (χ1) is 16.6. The number of nitrogens with zero attached hydrogens (tertiary/aromatic N) is 2. The van der Waals surface area contributed by atoms with E-state index in [9.17, 15) is 19.5 Å². The molecular weight excluding hydrogens is 454 g/mol. The number of carbonyl (C=O) groups excluding carboxylic acids is 3. The van der Waals surface area contributed by atoms with E-state index in [1.807, 2.05) is 19.0 Å². The monoisotopic (exact) mass is 485 g/mol. The average Bonchev–Trinajstić information content (AvgIpc) is 3.28. The number of aliphatic hydroxyl groups is 1. The van der Waals surface area contributed by atoms with Gasteiger partial charge in [0.1, 0.15) is 11.5 Å². The molecule has 1 aliphatic heterocycles. The molecule has 0 aliphatic carbocycles. The molecule has 1 saturated heterocycles. The number of nitrogens with one attached hydrogen (secondary N) is 1. The number of carbonyl (C=O) groups is 3. The Balaban J connectivity index is 2.26. The number of likely N-dealkylation sites (tertiary alicyclic amines) is 1. The zero-order valence-electron chi connectivity index (χ0n) is 21.0. The molecule has 2 aromatic rings. The Kier molecular flexibility index (Phi) is 7.54. The zero-order chi connectivity index (χ0) is 26.0. The van der Waals surface area contributed by atoms with Crippen molar-refractivity contribution in [2.24, 2.45) is 0 Å². The smallest absolute Gasteiger partial charge is 0.354 e. The van der Waals surface area contributed by atoms with E-state index in [0.717, 1.165) is 0 Å². The first-order valence-electron chi connectivity index (χ1n) is 11.0. The lowest BCUT2D eigenvalue weighted by atomic mass is 9.93. The molecule has 1 aromatic heterocycles. The highest BCUT2D eigenvalue weighted by Gasteiger charge is 2.46. The third kappa shape index (κ3) is 4.61. The second kappa shape index (κ2) is 10.2. The predicted molar refractivity (Wildman–Crippen MR) is 129 cm³/mol. The SMILES string of the molecule is COC(=O)c1[nH]c(C)c(C(O)=C2C(=O)C(=O)N(CCN(C)C)[C@H]2c2ccc(OC)c(OC)c2)c1C. The molecule has 1 aromatic carbocycles. The number of likely N-dealkylation sites (N-methyl/N-ethyl adjacent to an activating group) is 1. The van der Waals surface area contributed by atoms with E-state index in [-0.39, 0.29) is 29.1 Å². The molecule has 1 atom stereocenters. The molecule has 188 valence electrons. The van der Waals surface area contributed by atoms with E-state index in [1.54, 1.807) is 32.0 Å². The Morgan fingerprint density at radius 2 is 1.77 bits per heavy atom. The van der Waals surface area contributed by atoms with Crippen molar-refractivity contribution in [3.8, 4) is 11.5 Å². The first-order valence-corrected chi connectivity index (χ1v) is 11.0. The minimum absolute atomic E-state index is 0.0670. The van der Waals surface area contributed by atoms with Crippen molar-refractivity contribution in [3.63, 3.8) is 0 Å². The van der Waals surface area contributed by atoms with Gasteiger partial charge in [-0.15, -0.1) is 0 Å². The van der Waals surface area contributed by atoms with E-state index >= 15 is 0 Å². The van der Waals surface area contributed by atoms with Crippen LogP contribution in [0.15, 0.2) is 23.8 Å². The first kappa shape index (κ1) is 25.8. The quantitative estimate of drug-likeness (QED) is 0.253. The van der Waals surface area contributed by atoms with E-state index in [0.29, 0.717) is 34.9 Å². The maximum Gasteiger partial charge on any atom is 0.354 e. The Morgan fingerprint density at radius 3 is 2.34 bits per heavy atom. The highest BCUT2D eigenvalue weighted by molar-refractivity contribution is 6.46. The lowest BCUT2D eigenvalue weighted by Crippen LogP contribution is -2.35. The minimum Gasteiger partial charge on any atom is -0.507 e. The van der Waals surface area contributed by atoms with Crippen LogP contribution in [-0.2, 0) is 14.3 Å². The number of hydrogen-bond acceptors (Lipinski definition) is 8. The van der Waals surface area contributed by atoms with Gasteiger partial charge in [0.25, 0.3) is 11.7 Å². The summed E-state index contributed by atoms with van der Waals surface area (Å²) in [5.74, 6) is -1.58. The molecular formula is C25H31N3O7. The molecule has 0 unspecified atom stereocenters. The standard InChI is InChI=1S/C25H31N3O7/c1-13-18(14(2)26-20(13)25(32)35-7)22(29)19-21(15-8-9-16(33-5)17(12-15)34-6)28(11-10-27(3)4)24(31)23(19)30/h8-9,12,21,26,29H,10-11H2,1-7H3/t21-/m0/s1. The number of aromatic nitrogens is 1. The van der Waals surface area contributed by atoms with Crippen molar-refractivity contribution in [2.45, 2.75) is 19.9 Å². The zero-order valence-corrected chi connectivity index (χ0v) is 21.0. The lowest BCUT2D eigenvalue weighted by molar-refractivity contribution is -0.140. The molecule has 1 fully saturated rings. The van der Waals surface area contributed by atoms with Crippen LogP contribution in [0.4, 0.5) is 0 Å². The molecule has 0 saturated carbocycles. The van der Waals surface area contributed by atoms with Gasteiger partial charge in [-0.05, 0) is 51.2 Å². The van der Waals surface area contributed by atoms with Gasteiger partial charge < -0.3 is 34.1 Å². The van der Waals surface area contributed by atoms with Crippen molar-refractivity contribution in [1.29, 1.82) is 0 Å². The number of H-pyrrole nitrogens is 1. The van der Waals surface area contributed by atoms with Crippen molar-refractivity contribution >= 4 is 23.4 Å². The van der Waals surface area contributed by atoms with Gasteiger partial charge in [0.2, 0.25) is 0 Å². The van der Waals surface area contributed by atoms with Gasteiger partial charge in [0.05, 0.1) is 32.9 Å². The van der Waals surface area contributed by atoms with Crippen LogP contribution in [0.1, 0.15) is 38.9 Å². The number of methoxy groups -OCH3 is 3. The molecule has 1 aliphatic rings. The van der Waals surface area contributed by atoms with Crippen LogP contribution in [0.2, 0.25) is 0 Å². The topological polar surface area (TPSA) is 121 Å². The molecule has 10 nitrogen and oxygen atoms in total. The summed E-state index contributed by atoms with van der Waals surface area (Å²) in [6, 6.07) is 4.22. The van der Waals surface area contributed by atoms with E-state index in [2.05, 4.69) is 4.98 Å². The van der Waals surface area contributed by atoms with Crippen molar-refractivity contribution in [3.05, 3.63) is 51.9 Å². The number of benzene rings is 1. The van der Waals surface area contributed by atoms with Crippen LogP contribution in [0.3, 0.4) is 0 Å². The summed E-state index contributed by atoms with van der Waals surface area (Å²) in [5, 5.41) is 11.4. The number of aryl methyl sites for hydroxylation is 1. The number of rotatable bonds is 8. The fourth-order valence-electron chi connectivity index (χ4n) is 4.33. The van der Waals surface area contributed by atoms with E-state index in [4.69, 9.17) is 14.2 Å². The molecule has 2 heterocycles. The Hall–Kier alpha value is -3.79. The van der Waals surface area contributed by atoms with Crippen molar-refractivity contribution in [2.75, 3.05) is 48.5 Å². The van der Waals surface area contributed by atoms with E-state index in [1.165, 1.54) is 26.2 Å². The summed E-state index contributed by atoms with van der Waals surface area (Å²) >= 11 is 0. The van der Waals surface area contributed by atoms with Crippen LogP contribution in [0, 0.1) is 13.8 Å². The highest BCUT2D eigenvalue weighted by Crippen LogP contribution is 2.42. The number of esters is 1. The fourth-order valence-corrected chi connectivity index (χ4v) is 4.33. The van der Waals surface area contributed by atoms with Gasteiger partial charge in [-0.2, -0.15) is 0 Å². The molecule has 3 rings (SSSR count). The number of ether oxygens (including phenoxy) is 3. The molecule has 0 bridgehead atoms. The summed E-state index contributed by atoms with van der Waals surface area (Å²) in [5.41, 5.74) is 1.82. The summed E-state index contributed by atoms with van der Waals surface area (Å²) in [7, 11) is 7.99. The number of amides is 1. The maximum atomic E-state index is 13.3. The van der Waals surface area contributed by atoms with Gasteiger partial charge in [0, 0.05) is 24.3 Å². The van der Waals surface area contributed by atoms with Gasteiger partial charge in [-0.25, -0.2) is 4.79 Å². The normalized spacial score (nSPS) is 17.3. The number of aliphatic hydroxyl groups excluding tert-OH is 1. The molecule has 2 N–H and O–H groups in total. The van der Waals surface area contributed by atoms with Gasteiger partial charge in [-0.3, -0.25) is 9.59 Å². The third-order valence-corrected chi connectivity index (χ3v) is 6.12. The average molecular weight is 486 g/mol. The highest BCUT2D eigenvalue weighted by atomic mass is 16.5. The molecule has 10 heteroatoms. The third-order valence-electron chi connectivity index (χ3n) is 6.12. The van der Waals surface area contributed by atoms with Crippen molar-refractivity contribution in [1.82, 2.24) is 14.8 Å². The van der Waals surface area contributed by atoms with Crippen LogP contribution in [-0.4, -0.2) is 86.1 Å². The number of aromatic amines is 1. The largest absolute Gasteiger partial charge is 0.507 e. The second-order valence-corrected chi connectivity index (χ2v) is 8.53. The summed E-state index contributed by atoms with van der Waals surface area (Å²) in [6.07, 6.45) is 0. The molecule has 0 radical (unpaired) electrons. The van der Waals surface area contributed by atoms with Gasteiger partial charge >= 0.3 is 5.97 Å². The molecule has 35 heavy (non-hydrogen) atoms. The molecule has 0 spiro atoms. The minimum atomic E-state index is -0.870. The van der Waals surface area contributed by atoms with Crippen LogP contribution < -0.4 is 9.47 Å². The number of Topliss-reactive ketones (excluding diaryl/α,β-unsaturated/α-hetero) is 1. The molecule has 1 amide bonds.